The normalized spacial score (nSPS) is 10.0. The van der Waals surface area contributed by atoms with Crippen LogP contribution in [0, 0.1) is 0 Å². The Balaban J connectivity index is 2.52. The smallest absolute Gasteiger partial charge is 0.307 e. The molecule has 6 heteroatoms. The van der Waals surface area contributed by atoms with Crippen molar-refractivity contribution in [2.45, 2.75) is 19.8 Å². The van der Waals surface area contributed by atoms with Crippen LogP contribution in [0.5, 0.6) is 5.75 Å². The number of methoxy groups -OCH3 is 1. The van der Waals surface area contributed by atoms with E-state index in [0.717, 1.165) is 6.42 Å². The van der Waals surface area contributed by atoms with E-state index in [1.165, 1.54) is 7.11 Å². The third-order valence-electron chi connectivity index (χ3n) is 2.85. The predicted octanol–water partition coefficient (Wildman–Crippen LogP) is 2.52. The quantitative estimate of drug-likeness (QED) is 0.692. The monoisotopic (exact) mass is 313 g/mol. The Morgan fingerprint density at radius 2 is 1.95 bits per heavy atom. The molecule has 5 nitrogen and oxygen atoms in total. The van der Waals surface area contributed by atoms with Gasteiger partial charge in [0.25, 0.3) is 5.91 Å². The van der Waals surface area contributed by atoms with Crippen LogP contribution in [0.15, 0.2) is 24.3 Å². The zero-order valence-corrected chi connectivity index (χ0v) is 13.1. The van der Waals surface area contributed by atoms with E-state index in [2.05, 4.69) is 4.74 Å². The number of hydrogen-bond donors (Lipinski definition) is 0. The molecule has 0 radical (unpaired) electrons. The lowest BCUT2D eigenvalue weighted by molar-refractivity contribution is -0.142. The maximum Gasteiger partial charge on any atom is 0.307 e. The van der Waals surface area contributed by atoms with Crippen LogP contribution in [0.25, 0.3) is 0 Å². The summed E-state index contributed by atoms with van der Waals surface area (Å²) in [6, 6.07) is 6.97. The fraction of sp³-hybridized carbons (Fsp3) is 0.467. The first-order valence-electron chi connectivity index (χ1n) is 6.80. The van der Waals surface area contributed by atoms with Crippen molar-refractivity contribution in [3.8, 4) is 5.75 Å². The first-order valence-corrected chi connectivity index (χ1v) is 7.18. The van der Waals surface area contributed by atoms with Crippen molar-refractivity contribution < 1.29 is 19.1 Å². The molecular weight excluding hydrogens is 294 g/mol. The molecule has 0 spiro atoms. The second-order valence-electron chi connectivity index (χ2n) is 4.43. The van der Waals surface area contributed by atoms with Crippen molar-refractivity contribution in [1.29, 1.82) is 0 Å². The van der Waals surface area contributed by atoms with Gasteiger partial charge in [-0.15, -0.1) is 0 Å². The molecule has 0 aliphatic carbocycles. The Morgan fingerprint density at radius 3 is 2.57 bits per heavy atom. The highest BCUT2D eigenvalue weighted by Gasteiger charge is 2.15. The van der Waals surface area contributed by atoms with Crippen LogP contribution >= 0.6 is 11.6 Å². The molecule has 1 rings (SSSR count). The third-order valence-corrected chi connectivity index (χ3v) is 3.16. The number of nitrogens with zero attached hydrogens (tertiary/aromatic N) is 1. The van der Waals surface area contributed by atoms with Crippen LogP contribution in [-0.2, 0) is 14.3 Å². The number of esters is 1. The fourth-order valence-corrected chi connectivity index (χ4v) is 1.94. The van der Waals surface area contributed by atoms with Gasteiger partial charge in [-0.05, 0) is 18.6 Å². The number of para-hydroxylation sites is 1. The fourth-order valence-electron chi connectivity index (χ4n) is 1.75. The van der Waals surface area contributed by atoms with Gasteiger partial charge < -0.3 is 14.4 Å². The second kappa shape index (κ2) is 9.23. The van der Waals surface area contributed by atoms with E-state index in [0.29, 0.717) is 23.9 Å². The highest BCUT2D eigenvalue weighted by molar-refractivity contribution is 6.32. The Bertz CT molecular complexity index is 478. The Kier molecular flexibility index (Phi) is 7.61. The van der Waals surface area contributed by atoms with Crippen molar-refractivity contribution in [1.82, 2.24) is 4.90 Å². The molecule has 1 aromatic rings. The maximum atomic E-state index is 12.1. The van der Waals surface area contributed by atoms with Crippen molar-refractivity contribution in [3.63, 3.8) is 0 Å². The Hall–Kier alpha value is -1.75. The lowest BCUT2D eigenvalue weighted by Gasteiger charge is -2.21. The van der Waals surface area contributed by atoms with Gasteiger partial charge in [0.1, 0.15) is 5.75 Å². The summed E-state index contributed by atoms with van der Waals surface area (Å²) < 4.78 is 10.00. The highest BCUT2D eigenvalue weighted by Crippen LogP contribution is 2.22. The highest BCUT2D eigenvalue weighted by atomic mass is 35.5. The van der Waals surface area contributed by atoms with Crippen LogP contribution in [-0.4, -0.2) is 43.6 Å². The van der Waals surface area contributed by atoms with Crippen LogP contribution < -0.4 is 4.74 Å². The summed E-state index contributed by atoms with van der Waals surface area (Å²) in [6.07, 6.45) is 0.980. The summed E-state index contributed by atoms with van der Waals surface area (Å²) >= 11 is 5.96. The molecule has 0 atom stereocenters. The topological polar surface area (TPSA) is 55.8 Å². The van der Waals surface area contributed by atoms with Gasteiger partial charge in [0.05, 0.1) is 18.6 Å². The number of benzene rings is 1. The van der Waals surface area contributed by atoms with Gasteiger partial charge in [-0.25, -0.2) is 0 Å². The zero-order valence-electron chi connectivity index (χ0n) is 12.3. The van der Waals surface area contributed by atoms with E-state index in [4.69, 9.17) is 16.3 Å². The van der Waals surface area contributed by atoms with Gasteiger partial charge in [0.2, 0.25) is 0 Å². The minimum absolute atomic E-state index is 0.106. The number of rotatable bonds is 8. The summed E-state index contributed by atoms with van der Waals surface area (Å²) in [5.41, 5.74) is 0. The summed E-state index contributed by atoms with van der Waals surface area (Å²) in [5, 5.41) is 0.460. The average Bonchev–Trinajstić information content (AvgIpc) is 2.49. The van der Waals surface area contributed by atoms with Crippen LogP contribution in [0.2, 0.25) is 5.02 Å². The first kappa shape index (κ1) is 17.3. The largest absolute Gasteiger partial charge is 0.482 e. The zero-order chi connectivity index (χ0) is 15.7. The van der Waals surface area contributed by atoms with Crippen molar-refractivity contribution in [3.05, 3.63) is 29.3 Å². The summed E-state index contributed by atoms with van der Waals surface area (Å²) in [5.74, 6) is -0.0477. The number of amides is 1. The number of halogens is 1. The Morgan fingerprint density at radius 1 is 1.24 bits per heavy atom. The molecule has 0 saturated heterocycles. The Labute approximate surface area is 129 Å². The maximum absolute atomic E-state index is 12.1. The van der Waals surface area contributed by atoms with E-state index in [1.807, 2.05) is 6.92 Å². The van der Waals surface area contributed by atoms with Crippen LogP contribution in [0.1, 0.15) is 19.8 Å². The van der Waals surface area contributed by atoms with E-state index in [9.17, 15) is 9.59 Å². The molecule has 1 aromatic carbocycles. The molecule has 21 heavy (non-hydrogen) atoms. The summed E-state index contributed by atoms with van der Waals surface area (Å²) in [7, 11) is 1.33. The van der Waals surface area contributed by atoms with Gasteiger partial charge in [0.15, 0.2) is 6.61 Å². The summed E-state index contributed by atoms with van der Waals surface area (Å²) in [6.45, 7) is 2.76. The minimum Gasteiger partial charge on any atom is -0.482 e. The molecule has 0 aliphatic rings. The molecule has 0 saturated carbocycles. The number of hydrogen-bond acceptors (Lipinski definition) is 4. The van der Waals surface area contributed by atoms with Crippen LogP contribution in [0.3, 0.4) is 0 Å². The lowest BCUT2D eigenvalue weighted by atomic mass is 10.3. The molecule has 0 aromatic heterocycles. The molecule has 0 unspecified atom stereocenters. The van der Waals surface area contributed by atoms with E-state index in [1.54, 1.807) is 29.2 Å². The van der Waals surface area contributed by atoms with Crippen molar-refractivity contribution in [2.24, 2.45) is 0 Å². The van der Waals surface area contributed by atoms with Gasteiger partial charge >= 0.3 is 5.97 Å². The van der Waals surface area contributed by atoms with E-state index >= 15 is 0 Å². The van der Waals surface area contributed by atoms with Crippen molar-refractivity contribution >= 4 is 23.5 Å². The minimum atomic E-state index is -0.337. The number of carbonyl (C=O) groups is 2. The molecule has 0 aliphatic heterocycles. The number of carbonyl (C=O) groups excluding carboxylic acids is 2. The SMILES string of the molecule is CCCN(CCC(=O)OC)C(=O)COc1ccccc1Cl. The number of ether oxygens (including phenoxy) is 2. The van der Waals surface area contributed by atoms with Gasteiger partial charge in [0, 0.05) is 13.1 Å². The first-order chi connectivity index (χ1) is 10.1. The lowest BCUT2D eigenvalue weighted by Crippen LogP contribution is -2.37. The summed E-state index contributed by atoms with van der Waals surface area (Å²) in [4.78, 5) is 24.9. The molecule has 0 heterocycles. The van der Waals surface area contributed by atoms with E-state index in [-0.39, 0.29) is 24.9 Å². The molecule has 116 valence electrons. The van der Waals surface area contributed by atoms with Gasteiger partial charge in [-0.1, -0.05) is 30.7 Å². The van der Waals surface area contributed by atoms with Crippen LogP contribution in [0.4, 0.5) is 0 Å². The van der Waals surface area contributed by atoms with Gasteiger partial charge in [-0.3, -0.25) is 9.59 Å². The molecule has 1 amide bonds. The van der Waals surface area contributed by atoms with Gasteiger partial charge in [-0.2, -0.15) is 0 Å². The average molecular weight is 314 g/mol. The molecule has 0 bridgehead atoms. The molecule has 0 N–H and O–H groups in total. The predicted molar refractivity (Wildman–Crippen MR) is 80.5 cm³/mol. The molecule has 0 fully saturated rings. The standard InChI is InChI=1S/C15H20ClNO4/c1-3-9-17(10-8-15(19)20-2)14(18)11-21-13-7-5-4-6-12(13)16/h4-7H,3,8-11H2,1-2H3. The third kappa shape index (κ3) is 6.04. The van der Waals surface area contributed by atoms with E-state index < -0.39 is 0 Å². The second-order valence-corrected chi connectivity index (χ2v) is 4.83. The molecular formula is C15H20ClNO4. The van der Waals surface area contributed by atoms with Crippen molar-refractivity contribution in [2.75, 3.05) is 26.8 Å².